The Morgan fingerprint density at radius 3 is 2.83 bits per heavy atom. The maximum atomic E-state index is 13.7. The van der Waals surface area contributed by atoms with Crippen LogP contribution in [0.15, 0.2) is 35.1 Å². The van der Waals surface area contributed by atoms with Crippen molar-refractivity contribution in [3.8, 4) is 0 Å². The number of carbonyl (C=O) groups is 1. The molecule has 1 saturated carbocycles. The van der Waals surface area contributed by atoms with Gasteiger partial charge in [0.25, 0.3) is 11.5 Å². The zero-order valence-electron chi connectivity index (χ0n) is 12.3. The van der Waals surface area contributed by atoms with Crippen LogP contribution in [0.1, 0.15) is 34.8 Å². The summed E-state index contributed by atoms with van der Waals surface area (Å²) in [4.78, 5) is 23.8. The Morgan fingerprint density at radius 2 is 2.13 bits per heavy atom. The van der Waals surface area contributed by atoms with E-state index in [9.17, 15) is 14.0 Å². The quantitative estimate of drug-likeness (QED) is 0.912. The Balaban J connectivity index is 1.64. The fraction of sp³-hybridized carbons (Fsp3) is 0.312. The van der Waals surface area contributed by atoms with Crippen LogP contribution in [-0.2, 0) is 6.54 Å². The van der Waals surface area contributed by atoms with Gasteiger partial charge in [-0.05, 0) is 31.0 Å². The maximum absolute atomic E-state index is 13.7. The van der Waals surface area contributed by atoms with E-state index in [2.05, 4.69) is 10.4 Å². The van der Waals surface area contributed by atoms with Crippen molar-refractivity contribution in [2.75, 3.05) is 6.54 Å². The summed E-state index contributed by atoms with van der Waals surface area (Å²) in [7, 11) is 0. The van der Waals surface area contributed by atoms with Crippen LogP contribution < -0.4 is 10.9 Å². The van der Waals surface area contributed by atoms with Gasteiger partial charge < -0.3 is 5.32 Å². The molecular weight excluding hydrogens is 321 g/mol. The van der Waals surface area contributed by atoms with Crippen molar-refractivity contribution in [1.82, 2.24) is 15.1 Å². The molecule has 23 heavy (non-hydrogen) atoms. The standard InChI is InChI=1S/C16H15ClFN3O2/c17-11-2-1-3-12(18)15(11)16(23)19-8-9-21-14(22)7-6-13(20-21)10-4-5-10/h1-3,6-7,10H,4-5,8-9H2,(H,19,23). The van der Waals surface area contributed by atoms with Gasteiger partial charge >= 0.3 is 0 Å². The SMILES string of the molecule is O=C(NCCn1nc(C2CC2)ccc1=O)c1c(F)cccc1Cl. The van der Waals surface area contributed by atoms with E-state index < -0.39 is 11.7 Å². The largest absolute Gasteiger partial charge is 0.350 e. The van der Waals surface area contributed by atoms with Gasteiger partial charge in [0.2, 0.25) is 0 Å². The summed E-state index contributed by atoms with van der Waals surface area (Å²) in [5.74, 6) is -0.853. The molecule has 1 amide bonds. The number of hydrogen-bond donors (Lipinski definition) is 1. The Hall–Kier alpha value is -2.21. The average Bonchev–Trinajstić information content (AvgIpc) is 3.34. The zero-order chi connectivity index (χ0) is 16.4. The van der Waals surface area contributed by atoms with Crippen LogP contribution in [0, 0.1) is 5.82 Å². The van der Waals surface area contributed by atoms with E-state index in [0.717, 1.165) is 18.5 Å². The highest BCUT2D eigenvalue weighted by Gasteiger charge is 2.25. The van der Waals surface area contributed by atoms with Gasteiger partial charge in [-0.15, -0.1) is 0 Å². The van der Waals surface area contributed by atoms with Crippen molar-refractivity contribution < 1.29 is 9.18 Å². The molecule has 2 aromatic rings. The highest BCUT2D eigenvalue weighted by molar-refractivity contribution is 6.33. The van der Waals surface area contributed by atoms with Crippen molar-refractivity contribution in [2.24, 2.45) is 0 Å². The number of carbonyl (C=O) groups excluding carboxylic acids is 1. The van der Waals surface area contributed by atoms with Crippen LogP contribution in [0.4, 0.5) is 4.39 Å². The minimum atomic E-state index is -0.680. The molecule has 3 rings (SSSR count). The minimum absolute atomic E-state index is 0.0496. The molecule has 5 nitrogen and oxygen atoms in total. The summed E-state index contributed by atoms with van der Waals surface area (Å²) in [6.07, 6.45) is 2.18. The summed E-state index contributed by atoms with van der Waals surface area (Å²) in [5.41, 5.74) is 0.474. The van der Waals surface area contributed by atoms with Crippen molar-refractivity contribution in [3.63, 3.8) is 0 Å². The molecule has 1 aromatic carbocycles. The highest BCUT2D eigenvalue weighted by atomic mass is 35.5. The first-order chi connectivity index (χ1) is 11.1. The molecule has 0 bridgehead atoms. The van der Waals surface area contributed by atoms with Crippen molar-refractivity contribution >= 4 is 17.5 Å². The Kier molecular flexibility index (Phi) is 4.43. The summed E-state index contributed by atoms with van der Waals surface area (Å²) >= 11 is 5.84. The lowest BCUT2D eigenvalue weighted by molar-refractivity contribution is 0.0948. The molecule has 0 radical (unpaired) electrons. The Labute approximate surface area is 137 Å². The van der Waals surface area contributed by atoms with Crippen molar-refractivity contribution in [1.29, 1.82) is 0 Å². The van der Waals surface area contributed by atoms with Crippen molar-refractivity contribution in [3.05, 3.63) is 62.8 Å². The van der Waals surface area contributed by atoms with Gasteiger partial charge in [0.05, 0.1) is 22.8 Å². The maximum Gasteiger partial charge on any atom is 0.266 e. The van der Waals surface area contributed by atoms with Crippen LogP contribution >= 0.6 is 11.6 Å². The van der Waals surface area contributed by atoms with Gasteiger partial charge in [-0.1, -0.05) is 17.7 Å². The number of nitrogens with one attached hydrogen (secondary N) is 1. The number of amides is 1. The second-order valence-corrected chi connectivity index (χ2v) is 5.85. The molecule has 1 N–H and O–H groups in total. The van der Waals surface area contributed by atoms with Crippen molar-refractivity contribution in [2.45, 2.75) is 25.3 Å². The van der Waals surface area contributed by atoms with Gasteiger partial charge in [0.1, 0.15) is 5.82 Å². The Bertz CT molecular complexity index is 782. The number of halogens is 2. The van der Waals surface area contributed by atoms with E-state index in [1.165, 1.54) is 28.9 Å². The Morgan fingerprint density at radius 1 is 1.35 bits per heavy atom. The average molecular weight is 336 g/mol. The third-order valence-corrected chi connectivity index (χ3v) is 4.00. The van der Waals surface area contributed by atoms with E-state index in [0.29, 0.717) is 5.92 Å². The van der Waals surface area contributed by atoms with Gasteiger partial charge in [0, 0.05) is 18.5 Å². The molecule has 0 saturated heterocycles. The number of nitrogens with zero attached hydrogens (tertiary/aromatic N) is 2. The van der Waals surface area contributed by atoms with E-state index in [-0.39, 0.29) is 29.2 Å². The monoisotopic (exact) mass is 335 g/mol. The van der Waals surface area contributed by atoms with Gasteiger partial charge in [-0.3, -0.25) is 9.59 Å². The second kappa shape index (κ2) is 6.50. The van der Waals surface area contributed by atoms with E-state index in [1.807, 2.05) is 0 Å². The summed E-state index contributed by atoms with van der Waals surface area (Å²) < 4.78 is 15.0. The predicted molar refractivity (Wildman–Crippen MR) is 84.2 cm³/mol. The number of aromatic nitrogens is 2. The zero-order valence-corrected chi connectivity index (χ0v) is 13.0. The van der Waals surface area contributed by atoms with Crippen LogP contribution in [0.3, 0.4) is 0 Å². The molecule has 1 aliphatic rings. The molecular formula is C16H15ClFN3O2. The van der Waals surface area contributed by atoms with Crippen LogP contribution in [0.2, 0.25) is 5.02 Å². The fourth-order valence-electron chi connectivity index (χ4n) is 2.30. The molecule has 0 aliphatic heterocycles. The summed E-state index contributed by atoms with van der Waals surface area (Å²) in [6.45, 7) is 0.377. The second-order valence-electron chi connectivity index (χ2n) is 5.45. The normalized spacial score (nSPS) is 13.8. The number of rotatable bonds is 5. The van der Waals surface area contributed by atoms with Crippen LogP contribution in [0.25, 0.3) is 0 Å². The van der Waals surface area contributed by atoms with E-state index >= 15 is 0 Å². The molecule has 120 valence electrons. The summed E-state index contributed by atoms with van der Waals surface area (Å²) in [5, 5.41) is 6.90. The highest BCUT2D eigenvalue weighted by Crippen LogP contribution is 2.38. The lowest BCUT2D eigenvalue weighted by Gasteiger charge is -2.09. The number of hydrogen-bond acceptors (Lipinski definition) is 3. The molecule has 1 aliphatic carbocycles. The first-order valence-corrected chi connectivity index (χ1v) is 7.74. The van der Waals surface area contributed by atoms with Crippen LogP contribution in [0.5, 0.6) is 0 Å². The first-order valence-electron chi connectivity index (χ1n) is 7.36. The van der Waals surface area contributed by atoms with E-state index in [4.69, 9.17) is 11.6 Å². The summed E-state index contributed by atoms with van der Waals surface area (Å²) in [6, 6.07) is 7.28. The minimum Gasteiger partial charge on any atom is -0.350 e. The molecule has 7 heteroatoms. The predicted octanol–water partition coefficient (Wildman–Crippen LogP) is 2.34. The lowest BCUT2D eigenvalue weighted by atomic mass is 10.2. The molecule has 1 fully saturated rings. The molecule has 1 heterocycles. The molecule has 0 unspecified atom stereocenters. The van der Waals surface area contributed by atoms with Gasteiger partial charge in [-0.2, -0.15) is 5.10 Å². The topological polar surface area (TPSA) is 64.0 Å². The van der Waals surface area contributed by atoms with E-state index in [1.54, 1.807) is 6.07 Å². The number of benzene rings is 1. The smallest absolute Gasteiger partial charge is 0.266 e. The molecule has 1 aromatic heterocycles. The third-order valence-electron chi connectivity index (χ3n) is 3.68. The van der Waals surface area contributed by atoms with Crippen LogP contribution in [-0.4, -0.2) is 22.2 Å². The third kappa shape index (κ3) is 3.59. The van der Waals surface area contributed by atoms with Gasteiger partial charge in [0.15, 0.2) is 0 Å². The fourth-order valence-corrected chi connectivity index (χ4v) is 2.55. The lowest BCUT2D eigenvalue weighted by Crippen LogP contribution is -2.32. The first kappa shape index (κ1) is 15.7. The molecule has 0 atom stereocenters. The molecule has 0 spiro atoms. The van der Waals surface area contributed by atoms with Gasteiger partial charge in [-0.25, -0.2) is 9.07 Å².